The van der Waals surface area contributed by atoms with E-state index in [4.69, 9.17) is 10.00 Å². The molecule has 1 heterocycles. The summed E-state index contributed by atoms with van der Waals surface area (Å²) < 4.78 is 5.43. The number of benzene rings is 2. The molecule has 0 aliphatic carbocycles. The van der Waals surface area contributed by atoms with Gasteiger partial charge in [0.1, 0.15) is 11.6 Å². The zero-order chi connectivity index (χ0) is 21.6. The summed E-state index contributed by atoms with van der Waals surface area (Å²) in [4.78, 5) is 15.0. The minimum atomic E-state index is -0.632. The van der Waals surface area contributed by atoms with Crippen molar-refractivity contribution >= 4 is 5.91 Å². The quantitative estimate of drug-likeness (QED) is 0.803. The van der Waals surface area contributed by atoms with Crippen LogP contribution >= 0.6 is 0 Å². The van der Waals surface area contributed by atoms with Crippen LogP contribution in [0.25, 0.3) is 11.1 Å². The van der Waals surface area contributed by atoms with Gasteiger partial charge in [-0.3, -0.25) is 9.69 Å². The summed E-state index contributed by atoms with van der Waals surface area (Å²) in [6, 6.07) is 19.1. The first-order valence-electron chi connectivity index (χ1n) is 10.0. The maximum atomic E-state index is 13.0. The number of hydrogen-bond acceptors (Lipinski definition) is 5. The normalized spacial score (nSPS) is 16.3. The van der Waals surface area contributed by atoms with Crippen molar-refractivity contribution in [1.29, 1.82) is 10.5 Å². The van der Waals surface area contributed by atoms with Crippen LogP contribution in [0.2, 0.25) is 0 Å². The largest absolute Gasteiger partial charge is 0.381 e. The van der Waals surface area contributed by atoms with Crippen LogP contribution in [0.3, 0.4) is 0 Å². The van der Waals surface area contributed by atoms with Gasteiger partial charge in [-0.2, -0.15) is 10.5 Å². The van der Waals surface area contributed by atoms with Gasteiger partial charge in [0.05, 0.1) is 17.7 Å². The van der Waals surface area contributed by atoms with Crippen molar-refractivity contribution in [3.05, 3.63) is 59.7 Å². The molecule has 3 rings (SSSR count). The van der Waals surface area contributed by atoms with E-state index in [0.29, 0.717) is 38.0 Å². The zero-order valence-corrected chi connectivity index (χ0v) is 17.4. The molecule has 0 unspecified atom stereocenters. The average molecular weight is 402 g/mol. The summed E-state index contributed by atoms with van der Waals surface area (Å²) in [5, 5.41) is 21.5. The molecule has 2 aromatic carbocycles. The number of nitrogens with zero attached hydrogens (tertiary/aromatic N) is 3. The maximum Gasteiger partial charge on any atom is 0.241 e. The number of carbonyl (C=O) groups excluding carboxylic acids is 1. The first-order chi connectivity index (χ1) is 14.5. The molecule has 1 N–H and O–H groups in total. The zero-order valence-electron chi connectivity index (χ0n) is 17.4. The van der Waals surface area contributed by atoms with Crippen LogP contribution in [0.4, 0.5) is 0 Å². The summed E-state index contributed by atoms with van der Waals surface area (Å²) in [5.41, 5.74) is 3.04. The maximum absolute atomic E-state index is 13.0. The molecule has 30 heavy (non-hydrogen) atoms. The first kappa shape index (κ1) is 21.5. The lowest BCUT2D eigenvalue weighted by atomic mass is 9.87. The van der Waals surface area contributed by atoms with E-state index in [9.17, 15) is 10.1 Å². The summed E-state index contributed by atoms with van der Waals surface area (Å²) in [6.45, 7) is 1.08. The Kier molecular flexibility index (Phi) is 6.84. The van der Waals surface area contributed by atoms with Gasteiger partial charge < -0.3 is 10.1 Å². The molecule has 1 aliphatic rings. The fraction of sp³-hybridized carbons (Fsp3) is 0.375. The Morgan fingerprint density at radius 3 is 2.13 bits per heavy atom. The topological polar surface area (TPSA) is 89.2 Å². The summed E-state index contributed by atoms with van der Waals surface area (Å²) in [6.07, 6.45) is 1.67. The Morgan fingerprint density at radius 1 is 1.07 bits per heavy atom. The number of likely N-dealkylation sites (N-methyl/N-ethyl adjacent to an activating group) is 1. The highest BCUT2D eigenvalue weighted by Crippen LogP contribution is 2.26. The van der Waals surface area contributed by atoms with Crippen LogP contribution in [-0.4, -0.2) is 49.7 Å². The molecule has 1 fully saturated rings. The van der Waals surface area contributed by atoms with Crippen molar-refractivity contribution in [2.75, 3.05) is 27.3 Å². The molecule has 6 heteroatoms. The third kappa shape index (κ3) is 4.68. The monoisotopic (exact) mass is 402 g/mol. The molecule has 6 nitrogen and oxygen atoms in total. The molecule has 1 saturated heterocycles. The highest BCUT2D eigenvalue weighted by atomic mass is 16.5. The van der Waals surface area contributed by atoms with Crippen LogP contribution in [0.1, 0.15) is 24.0 Å². The van der Waals surface area contributed by atoms with Crippen LogP contribution in [-0.2, 0) is 16.0 Å². The van der Waals surface area contributed by atoms with E-state index in [1.54, 1.807) is 12.1 Å². The van der Waals surface area contributed by atoms with Crippen LogP contribution in [0, 0.1) is 22.7 Å². The lowest BCUT2D eigenvalue weighted by molar-refractivity contribution is -0.138. The smallest absolute Gasteiger partial charge is 0.241 e. The molecule has 0 spiro atoms. The van der Waals surface area contributed by atoms with Crippen molar-refractivity contribution in [2.45, 2.75) is 30.8 Å². The second-order valence-corrected chi connectivity index (χ2v) is 7.78. The minimum absolute atomic E-state index is 0.114. The van der Waals surface area contributed by atoms with Crippen LogP contribution in [0.5, 0.6) is 0 Å². The molecular formula is C24H26N4O2. The van der Waals surface area contributed by atoms with E-state index >= 15 is 0 Å². The number of nitriles is 2. The standard InChI is InChI=1S/C24H26N4O2/c1-28(2)24(11-13-30-14-12-24)23(29)27-22(17-26)15-18-3-7-20(8-4-18)21-9-5-19(16-25)6-10-21/h3-10,22H,11-15H2,1-2H3,(H,27,29)/t22-/m0/s1. The van der Waals surface area contributed by atoms with Gasteiger partial charge in [0, 0.05) is 19.6 Å². The third-order valence-corrected chi connectivity index (χ3v) is 5.80. The Morgan fingerprint density at radius 2 is 1.63 bits per heavy atom. The molecule has 1 amide bonds. The Balaban J connectivity index is 1.67. The van der Waals surface area contributed by atoms with Crippen molar-refractivity contribution in [2.24, 2.45) is 0 Å². The Hall–Kier alpha value is -3.19. The van der Waals surface area contributed by atoms with Gasteiger partial charge in [0.15, 0.2) is 0 Å². The second kappa shape index (κ2) is 9.54. The van der Waals surface area contributed by atoms with Crippen LogP contribution in [0.15, 0.2) is 48.5 Å². The summed E-state index contributed by atoms with van der Waals surface area (Å²) in [7, 11) is 3.79. The first-order valence-corrected chi connectivity index (χ1v) is 10.0. The number of carbonyl (C=O) groups is 1. The molecule has 154 valence electrons. The predicted molar refractivity (Wildman–Crippen MR) is 114 cm³/mol. The lowest BCUT2D eigenvalue weighted by Gasteiger charge is -2.41. The summed E-state index contributed by atoms with van der Waals surface area (Å²) >= 11 is 0. The van der Waals surface area contributed by atoms with Gasteiger partial charge in [-0.1, -0.05) is 36.4 Å². The molecule has 2 aromatic rings. The van der Waals surface area contributed by atoms with Crippen molar-refractivity contribution < 1.29 is 9.53 Å². The molecule has 0 bridgehead atoms. The van der Waals surface area contributed by atoms with E-state index < -0.39 is 11.6 Å². The van der Waals surface area contributed by atoms with Crippen molar-refractivity contribution in [3.8, 4) is 23.3 Å². The van der Waals surface area contributed by atoms with Gasteiger partial charge in [0.2, 0.25) is 5.91 Å². The van der Waals surface area contributed by atoms with Gasteiger partial charge in [-0.25, -0.2) is 0 Å². The van der Waals surface area contributed by atoms with Crippen LogP contribution < -0.4 is 5.32 Å². The average Bonchev–Trinajstić information content (AvgIpc) is 2.79. The molecule has 1 aliphatic heterocycles. The number of hydrogen-bond donors (Lipinski definition) is 1. The van der Waals surface area contributed by atoms with Crippen molar-refractivity contribution in [3.63, 3.8) is 0 Å². The van der Waals surface area contributed by atoms with Gasteiger partial charge in [-0.05, 0) is 55.8 Å². The molecule has 0 saturated carbocycles. The van der Waals surface area contributed by atoms with E-state index in [1.807, 2.05) is 55.4 Å². The van der Waals surface area contributed by atoms with Gasteiger partial charge >= 0.3 is 0 Å². The predicted octanol–water partition coefficient (Wildman–Crippen LogP) is 2.89. The van der Waals surface area contributed by atoms with E-state index in [2.05, 4.69) is 17.5 Å². The molecule has 0 aromatic heterocycles. The van der Waals surface area contributed by atoms with E-state index in [0.717, 1.165) is 16.7 Å². The number of rotatable bonds is 6. The Bertz CT molecular complexity index is 947. The SMILES string of the molecule is CN(C)C1(C(=O)N[C@H](C#N)Cc2ccc(-c3ccc(C#N)cc3)cc2)CCOCC1. The molecule has 0 radical (unpaired) electrons. The molecule has 1 atom stereocenters. The van der Waals surface area contributed by atoms with Gasteiger partial charge in [-0.15, -0.1) is 0 Å². The third-order valence-electron chi connectivity index (χ3n) is 5.80. The highest BCUT2D eigenvalue weighted by molar-refractivity contribution is 5.87. The van der Waals surface area contributed by atoms with Crippen molar-refractivity contribution in [1.82, 2.24) is 10.2 Å². The second-order valence-electron chi connectivity index (χ2n) is 7.78. The Labute approximate surface area is 177 Å². The minimum Gasteiger partial charge on any atom is -0.381 e. The summed E-state index contributed by atoms with van der Waals surface area (Å²) in [5.74, 6) is -0.114. The highest BCUT2D eigenvalue weighted by Gasteiger charge is 2.42. The van der Waals surface area contributed by atoms with E-state index in [1.165, 1.54) is 0 Å². The lowest BCUT2D eigenvalue weighted by Crippen LogP contribution is -2.60. The van der Waals surface area contributed by atoms with E-state index in [-0.39, 0.29) is 5.91 Å². The fourth-order valence-electron chi connectivity index (χ4n) is 3.81. The molecular weight excluding hydrogens is 376 g/mol. The fourth-order valence-corrected chi connectivity index (χ4v) is 3.81. The number of nitrogens with one attached hydrogen (secondary N) is 1. The van der Waals surface area contributed by atoms with Gasteiger partial charge in [0.25, 0.3) is 0 Å². The number of amides is 1. The number of ether oxygens (including phenoxy) is 1.